The number of aromatic nitrogens is 1. The molecule has 1 aromatic heterocycles. The predicted octanol–water partition coefficient (Wildman–Crippen LogP) is 3.38. The first-order valence-electron chi connectivity index (χ1n) is 7.47. The van der Waals surface area contributed by atoms with Crippen LogP contribution in [-0.4, -0.2) is 47.8 Å². The Morgan fingerprint density at radius 2 is 2.23 bits per heavy atom. The minimum atomic E-state index is 0.0979. The monoisotopic (exact) mass is 448 g/mol. The molecule has 2 aliphatic heterocycles. The highest BCUT2D eigenvalue weighted by molar-refractivity contribution is 9.12. The van der Waals surface area contributed by atoms with Gasteiger partial charge in [0.25, 0.3) is 0 Å². The van der Waals surface area contributed by atoms with E-state index in [-0.39, 0.29) is 5.08 Å². The fourth-order valence-corrected chi connectivity index (χ4v) is 5.10. The number of morpholine rings is 1. The van der Waals surface area contributed by atoms with Gasteiger partial charge in [-0.25, -0.2) is 4.98 Å². The quantitative estimate of drug-likeness (QED) is 0.521. The third kappa shape index (κ3) is 2.68. The van der Waals surface area contributed by atoms with E-state index in [4.69, 9.17) is 9.72 Å². The van der Waals surface area contributed by atoms with Crippen molar-refractivity contribution < 1.29 is 4.74 Å². The number of alkyl halides is 1. The maximum absolute atomic E-state index is 5.68. The zero-order chi connectivity index (χ0) is 15.3. The Labute approximate surface area is 151 Å². The summed E-state index contributed by atoms with van der Waals surface area (Å²) in [5.41, 5.74) is 0. The average Bonchev–Trinajstić information content (AvgIpc) is 3.22. The Hall–Kier alpha value is -0.310. The van der Waals surface area contributed by atoms with E-state index >= 15 is 0 Å². The molecule has 0 amide bonds. The van der Waals surface area contributed by atoms with Crippen molar-refractivity contribution in [1.82, 2.24) is 9.88 Å². The fraction of sp³-hybridized carbons (Fsp3) is 0.643. The van der Waals surface area contributed by atoms with Crippen molar-refractivity contribution in [2.75, 3.05) is 36.6 Å². The lowest BCUT2D eigenvalue weighted by Crippen LogP contribution is -2.46. The number of thiazole rings is 1. The standard InChI is InChI=1S/C14H18Br2N4OS/c1-18-11(15)6-20(13(18)16)12-8-22-14(17-12)19-4-5-21-7-10(19)9-2-3-9/h6,8-10,13H,2-5,7H2,1H3. The Balaban J connectivity index is 1.56. The van der Waals surface area contributed by atoms with Crippen LogP contribution in [0.3, 0.4) is 0 Å². The highest BCUT2D eigenvalue weighted by Crippen LogP contribution is 2.41. The van der Waals surface area contributed by atoms with E-state index in [1.165, 1.54) is 12.8 Å². The molecule has 2 unspecified atom stereocenters. The largest absolute Gasteiger partial charge is 0.377 e. The van der Waals surface area contributed by atoms with E-state index < -0.39 is 0 Å². The van der Waals surface area contributed by atoms with Crippen molar-refractivity contribution in [3.05, 3.63) is 16.2 Å². The maximum atomic E-state index is 5.68. The third-order valence-electron chi connectivity index (χ3n) is 4.45. The minimum absolute atomic E-state index is 0.0979. The van der Waals surface area contributed by atoms with Gasteiger partial charge in [-0.2, -0.15) is 0 Å². The van der Waals surface area contributed by atoms with Gasteiger partial charge in [-0.1, -0.05) is 0 Å². The summed E-state index contributed by atoms with van der Waals surface area (Å²) in [6.07, 6.45) is 4.73. The number of halogens is 2. The zero-order valence-electron chi connectivity index (χ0n) is 12.3. The molecule has 1 aromatic rings. The number of hydrogen-bond acceptors (Lipinski definition) is 6. The van der Waals surface area contributed by atoms with Gasteiger partial charge in [-0.3, -0.25) is 4.90 Å². The van der Waals surface area contributed by atoms with Gasteiger partial charge in [0.15, 0.2) is 10.2 Å². The molecule has 3 heterocycles. The molecule has 8 heteroatoms. The predicted molar refractivity (Wildman–Crippen MR) is 96.8 cm³/mol. The molecule has 22 heavy (non-hydrogen) atoms. The summed E-state index contributed by atoms with van der Waals surface area (Å²) >= 11 is 8.99. The molecule has 5 nitrogen and oxygen atoms in total. The number of ether oxygens (including phenoxy) is 1. The zero-order valence-corrected chi connectivity index (χ0v) is 16.3. The second-order valence-corrected chi connectivity index (χ2v) is 8.41. The van der Waals surface area contributed by atoms with Gasteiger partial charge in [0.05, 0.1) is 23.9 Å². The van der Waals surface area contributed by atoms with E-state index in [1.807, 2.05) is 7.05 Å². The van der Waals surface area contributed by atoms with Crippen LogP contribution in [0.25, 0.3) is 0 Å². The number of anilines is 2. The molecule has 1 saturated carbocycles. The van der Waals surface area contributed by atoms with Crippen molar-refractivity contribution in [3.8, 4) is 0 Å². The topological polar surface area (TPSA) is 31.8 Å². The summed E-state index contributed by atoms with van der Waals surface area (Å²) in [5.74, 6) is 1.78. The second kappa shape index (κ2) is 5.96. The summed E-state index contributed by atoms with van der Waals surface area (Å²) in [6.45, 7) is 2.60. The van der Waals surface area contributed by atoms with E-state index in [9.17, 15) is 0 Å². The van der Waals surface area contributed by atoms with Crippen LogP contribution in [-0.2, 0) is 4.74 Å². The van der Waals surface area contributed by atoms with Crippen molar-refractivity contribution in [2.45, 2.75) is 24.0 Å². The van der Waals surface area contributed by atoms with Gasteiger partial charge >= 0.3 is 0 Å². The molecule has 0 radical (unpaired) electrons. The summed E-state index contributed by atoms with van der Waals surface area (Å²) < 4.78 is 6.73. The van der Waals surface area contributed by atoms with Crippen LogP contribution in [0.2, 0.25) is 0 Å². The van der Waals surface area contributed by atoms with E-state index in [1.54, 1.807) is 11.3 Å². The highest BCUT2D eigenvalue weighted by Gasteiger charge is 2.38. The molecule has 0 bridgehead atoms. The molecule has 2 fully saturated rings. The first-order chi connectivity index (χ1) is 10.6. The van der Waals surface area contributed by atoms with Gasteiger partial charge in [-0.05, 0) is 50.6 Å². The molecular weight excluding hydrogens is 432 g/mol. The summed E-state index contributed by atoms with van der Waals surface area (Å²) in [4.78, 5) is 11.6. The lowest BCUT2D eigenvalue weighted by Gasteiger charge is -2.35. The molecule has 4 rings (SSSR count). The van der Waals surface area contributed by atoms with Crippen LogP contribution in [0, 0.1) is 5.92 Å². The van der Waals surface area contributed by atoms with Gasteiger partial charge in [0, 0.05) is 25.2 Å². The third-order valence-corrected chi connectivity index (χ3v) is 7.14. The first kappa shape index (κ1) is 15.2. The summed E-state index contributed by atoms with van der Waals surface area (Å²) in [7, 11) is 2.04. The maximum Gasteiger partial charge on any atom is 0.187 e. The van der Waals surface area contributed by atoms with Gasteiger partial charge in [-0.15, -0.1) is 11.3 Å². The van der Waals surface area contributed by atoms with Gasteiger partial charge in [0.1, 0.15) is 5.82 Å². The normalized spacial score (nSPS) is 29.2. The van der Waals surface area contributed by atoms with Crippen LogP contribution in [0.1, 0.15) is 12.8 Å². The average molecular weight is 450 g/mol. The fourth-order valence-electron chi connectivity index (χ4n) is 2.97. The number of nitrogens with zero attached hydrogens (tertiary/aromatic N) is 4. The molecule has 3 aliphatic rings. The SMILES string of the molecule is CN1C(Br)=CN(c2csc(N3CCOCC3C3CC3)n2)C1Br. The minimum Gasteiger partial charge on any atom is -0.377 e. The molecule has 1 saturated heterocycles. The number of rotatable bonds is 3. The Bertz CT molecular complexity index is 591. The molecule has 1 aliphatic carbocycles. The molecular formula is C14H18Br2N4OS. The van der Waals surface area contributed by atoms with Crippen LogP contribution in [0.4, 0.5) is 10.9 Å². The molecule has 120 valence electrons. The van der Waals surface area contributed by atoms with Gasteiger partial charge in [0.2, 0.25) is 0 Å². The van der Waals surface area contributed by atoms with E-state index in [0.29, 0.717) is 6.04 Å². The van der Waals surface area contributed by atoms with Crippen LogP contribution in [0.5, 0.6) is 0 Å². The molecule has 2 atom stereocenters. The molecule has 0 spiro atoms. The van der Waals surface area contributed by atoms with Crippen LogP contribution in [0.15, 0.2) is 16.2 Å². The van der Waals surface area contributed by atoms with E-state index in [2.05, 4.69) is 58.1 Å². The summed E-state index contributed by atoms with van der Waals surface area (Å²) in [5, 5.41) is 3.36. The second-order valence-electron chi connectivity index (χ2n) is 5.94. The summed E-state index contributed by atoms with van der Waals surface area (Å²) in [6, 6.07) is 0.510. The Morgan fingerprint density at radius 3 is 2.91 bits per heavy atom. The Morgan fingerprint density at radius 1 is 1.41 bits per heavy atom. The first-order valence-corrected chi connectivity index (χ1v) is 10.1. The van der Waals surface area contributed by atoms with Crippen molar-refractivity contribution in [3.63, 3.8) is 0 Å². The number of hydrogen-bond donors (Lipinski definition) is 0. The lowest BCUT2D eigenvalue weighted by molar-refractivity contribution is 0.0878. The van der Waals surface area contributed by atoms with Crippen LogP contribution < -0.4 is 9.80 Å². The molecule has 0 N–H and O–H groups in total. The van der Waals surface area contributed by atoms with Crippen molar-refractivity contribution >= 4 is 54.1 Å². The smallest absolute Gasteiger partial charge is 0.187 e. The van der Waals surface area contributed by atoms with Gasteiger partial charge < -0.3 is 14.5 Å². The van der Waals surface area contributed by atoms with Crippen LogP contribution >= 0.6 is 43.2 Å². The molecule has 0 aromatic carbocycles. The lowest BCUT2D eigenvalue weighted by atomic mass is 10.1. The highest BCUT2D eigenvalue weighted by atomic mass is 79.9. The van der Waals surface area contributed by atoms with Crippen molar-refractivity contribution in [2.24, 2.45) is 5.92 Å². The van der Waals surface area contributed by atoms with E-state index in [0.717, 1.165) is 41.2 Å². The van der Waals surface area contributed by atoms with Crippen molar-refractivity contribution in [1.29, 1.82) is 0 Å². The Kier molecular flexibility index (Phi) is 4.13.